The van der Waals surface area contributed by atoms with Gasteiger partial charge in [-0.05, 0) is 31.9 Å². The van der Waals surface area contributed by atoms with E-state index in [1.165, 1.54) is 0 Å². The van der Waals surface area contributed by atoms with Crippen LogP contribution in [0.25, 0.3) is 0 Å². The molecule has 2 N–H and O–H groups in total. The van der Waals surface area contributed by atoms with Gasteiger partial charge in [0, 0.05) is 26.3 Å². The summed E-state index contributed by atoms with van der Waals surface area (Å²) in [5.41, 5.74) is 2.31. The minimum atomic E-state index is 0.595. The Hall–Kier alpha value is -1.63. The van der Waals surface area contributed by atoms with E-state index in [-0.39, 0.29) is 0 Å². The number of nitrogens with one attached hydrogen (secondary N) is 2. The molecule has 1 aromatic rings. The largest absolute Gasteiger partial charge is 0.380 e. The molecule has 6 heteroatoms. The fraction of sp³-hybridized carbons (Fsp3) is 0.632. The minimum absolute atomic E-state index is 0.595. The van der Waals surface area contributed by atoms with E-state index < -0.39 is 0 Å². The Morgan fingerprint density at radius 3 is 2.40 bits per heavy atom. The Balaban J connectivity index is 2.45. The second-order valence-electron chi connectivity index (χ2n) is 5.39. The Labute approximate surface area is 152 Å². The second-order valence-corrected chi connectivity index (χ2v) is 5.39. The van der Waals surface area contributed by atoms with E-state index in [4.69, 9.17) is 14.2 Å². The first-order valence-corrected chi connectivity index (χ1v) is 9.13. The topological polar surface area (TPSA) is 64.1 Å². The molecule has 25 heavy (non-hydrogen) atoms. The number of nitrogens with zero attached hydrogens (tertiary/aromatic N) is 1. The zero-order valence-electron chi connectivity index (χ0n) is 15.8. The van der Waals surface area contributed by atoms with Crippen molar-refractivity contribution in [2.75, 3.05) is 46.1 Å². The van der Waals surface area contributed by atoms with Crippen LogP contribution in [0.3, 0.4) is 0 Å². The van der Waals surface area contributed by atoms with Gasteiger partial charge < -0.3 is 24.8 Å². The van der Waals surface area contributed by atoms with Gasteiger partial charge in [-0.1, -0.05) is 24.3 Å². The molecule has 0 fully saturated rings. The Morgan fingerprint density at radius 1 is 0.920 bits per heavy atom. The van der Waals surface area contributed by atoms with Gasteiger partial charge in [-0.2, -0.15) is 0 Å². The smallest absolute Gasteiger partial charge is 0.191 e. The summed E-state index contributed by atoms with van der Waals surface area (Å²) in [5, 5.41) is 6.51. The summed E-state index contributed by atoms with van der Waals surface area (Å²) in [6.07, 6.45) is 0. The lowest BCUT2D eigenvalue weighted by atomic mass is 10.1. The Kier molecular flexibility index (Phi) is 12.6. The van der Waals surface area contributed by atoms with Crippen molar-refractivity contribution in [1.29, 1.82) is 0 Å². The maximum atomic E-state index is 5.62. The molecular weight excluding hydrogens is 318 g/mol. The van der Waals surface area contributed by atoms with Crippen molar-refractivity contribution >= 4 is 5.96 Å². The number of hydrogen-bond donors (Lipinski definition) is 2. The molecule has 0 bridgehead atoms. The fourth-order valence-electron chi connectivity index (χ4n) is 2.17. The molecule has 0 saturated carbocycles. The van der Waals surface area contributed by atoms with Crippen molar-refractivity contribution in [2.24, 2.45) is 4.99 Å². The monoisotopic (exact) mass is 351 g/mol. The van der Waals surface area contributed by atoms with Crippen LogP contribution in [0.4, 0.5) is 0 Å². The molecule has 0 radical (unpaired) electrons. The van der Waals surface area contributed by atoms with Gasteiger partial charge in [0.05, 0.1) is 33.0 Å². The molecule has 0 unspecified atom stereocenters. The van der Waals surface area contributed by atoms with Crippen LogP contribution in [0.15, 0.2) is 29.3 Å². The third-order valence-corrected chi connectivity index (χ3v) is 3.34. The van der Waals surface area contributed by atoms with Crippen molar-refractivity contribution in [3.05, 3.63) is 35.4 Å². The van der Waals surface area contributed by atoms with Gasteiger partial charge in [-0.3, -0.25) is 0 Å². The fourth-order valence-corrected chi connectivity index (χ4v) is 2.17. The van der Waals surface area contributed by atoms with Gasteiger partial charge in [0.25, 0.3) is 0 Å². The molecule has 142 valence electrons. The van der Waals surface area contributed by atoms with Gasteiger partial charge >= 0.3 is 0 Å². The Bertz CT molecular complexity index is 481. The summed E-state index contributed by atoms with van der Waals surface area (Å²) in [6, 6.07) is 8.33. The van der Waals surface area contributed by atoms with Crippen LogP contribution in [-0.2, 0) is 27.4 Å². The zero-order valence-corrected chi connectivity index (χ0v) is 15.8. The first-order valence-electron chi connectivity index (χ1n) is 9.13. The van der Waals surface area contributed by atoms with Crippen LogP contribution in [0.1, 0.15) is 31.9 Å². The highest BCUT2D eigenvalue weighted by Gasteiger charge is 1.99. The van der Waals surface area contributed by atoms with Gasteiger partial charge in [0.2, 0.25) is 0 Å². The highest BCUT2D eigenvalue weighted by Crippen LogP contribution is 2.08. The molecule has 6 nitrogen and oxygen atoms in total. The van der Waals surface area contributed by atoms with E-state index >= 15 is 0 Å². The summed E-state index contributed by atoms with van der Waals surface area (Å²) in [5.74, 6) is 0.806. The summed E-state index contributed by atoms with van der Waals surface area (Å²) < 4.78 is 16.2. The van der Waals surface area contributed by atoms with Crippen molar-refractivity contribution in [2.45, 2.75) is 33.9 Å². The molecule has 0 amide bonds. The summed E-state index contributed by atoms with van der Waals surface area (Å²) >= 11 is 0. The van der Waals surface area contributed by atoms with Crippen molar-refractivity contribution in [3.8, 4) is 0 Å². The van der Waals surface area contributed by atoms with Crippen molar-refractivity contribution in [3.63, 3.8) is 0 Å². The SMILES string of the molecule is CCNC(=NCc1cccc(COCCOCC)c1)NCCOCC. The number of benzene rings is 1. The zero-order chi connectivity index (χ0) is 18.2. The van der Waals surface area contributed by atoms with Crippen molar-refractivity contribution in [1.82, 2.24) is 10.6 Å². The average Bonchev–Trinajstić information content (AvgIpc) is 2.63. The molecular formula is C19H33N3O3. The first kappa shape index (κ1) is 21.4. The van der Waals surface area contributed by atoms with E-state index in [1.54, 1.807) is 0 Å². The summed E-state index contributed by atoms with van der Waals surface area (Å²) in [6.45, 7) is 12.2. The number of hydrogen-bond acceptors (Lipinski definition) is 4. The number of ether oxygens (including phenoxy) is 3. The lowest BCUT2D eigenvalue weighted by Gasteiger charge is -2.11. The van der Waals surface area contributed by atoms with E-state index in [0.717, 1.165) is 43.4 Å². The highest BCUT2D eigenvalue weighted by atomic mass is 16.5. The third-order valence-electron chi connectivity index (χ3n) is 3.34. The maximum Gasteiger partial charge on any atom is 0.191 e. The lowest BCUT2D eigenvalue weighted by Crippen LogP contribution is -2.39. The quantitative estimate of drug-likeness (QED) is 0.324. The molecule has 1 rings (SSSR count). The predicted octanol–water partition coefficient (Wildman–Crippen LogP) is 2.33. The number of aliphatic imine (C=N–C) groups is 1. The number of guanidine groups is 1. The van der Waals surface area contributed by atoms with E-state index in [0.29, 0.717) is 33.0 Å². The van der Waals surface area contributed by atoms with Crippen LogP contribution in [0.5, 0.6) is 0 Å². The maximum absolute atomic E-state index is 5.62. The van der Waals surface area contributed by atoms with Gasteiger partial charge in [-0.15, -0.1) is 0 Å². The molecule has 1 aromatic carbocycles. The molecule has 0 heterocycles. The molecule has 0 aliphatic carbocycles. The summed E-state index contributed by atoms with van der Waals surface area (Å²) in [7, 11) is 0. The van der Waals surface area contributed by atoms with Crippen LogP contribution in [0, 0.1) is 0 Å². The standard InChI is InChI=1S/C19H33N3O3/c1-4-20-19(21-10-11-23-5-2)22-15-17-8-7-9-18(14-17)16-25-13-12-24-6-3/h7-9,14H,4-6,10-13,15-16H2,1-3H3,(H2,20,21,22). The molecule has 0 aromatic heterocycles. The third kappa shape index (κ3) is 10.8. The molecule has 0 atom stereocenters. The predicted molar refractivity (Wildman–Crippen MR) is 102 cm³/mol. The van der Waals surface area contributed by atoms with E-state index in [9.17, 15) is 0 Å². The normalized spacial score (nSPS) is 11.6. The van der Waals surface area contributed by atoms with E-state index in [2.05, 4.69) is 40.7 Å². The molecule has 0 spiro atoms. The molecule has 0 saturated heterocycles. The summed E-state index contributed by atoms with van der Waals surface area (Å²) in [4.78, 5) is 4.62. The van der Waals surface area contributed by atoms with Crippen LogP contribution >= 0.6 is 0 Å². The highest BCUT2D eigenvalue weighted by molar-refractivity contribution is 5.79. The lowest BCUT2D eigenvalue weighted by molar-refractivity contribution is 0.0453. The molecule has 0 aliphatic heterocycles. The number of rotatable bonds is 13. The van der Waals surface area contributed by atoms with E-state index in [1.807, 2.05) is 19.9 Å². The van der Waals surface area contributed by atoms with Gasteiger partial charge in [0.15, 0.2) is 5.96 Å². The first-order chi connectivity index (χ1) is 12.3. The average molecular weight is 351 g/mol. The minimum Gasteiger partial charge on any atom is -0.380 e. The Morgan fingerprint density at radius 2 is 1.64 bits per heavy atom. The van der Waals surface area contributed by atoms with Crippen LogP contribution in [-0.4, -0.2) is 52.1 Å². The van der Waals surface area contributed by atoms with Gasteiger partial charge in [-0.25, -0.2) is 4.99 Å². The molecule has 0 aliphatic rings. The van der Waals surface area contributed by atoms with Crippen LogP contribution < -0.4 is 10.6 Å². The van der Waals surface area contributed by atoms with Crippen molar-refractivity contribution < 1.29 is 14.2 Å². The van der Waals surface area contributed by atoms with Crippen LogP contribution in [0.2, 0.25) is 0 Å². The second kappa shape index (κ2) is 14.7. The van der Waals surface area contributed by atoms with Gasteiger partial charge in [0.1, 0.15) is 0 Å².